The summed E-state index contributed by atoms with van der Waals surface area (Å²) in [7, 11) is 0. The lowest BCUT2D eigenvalue weighted by Gasteiger charge is -2.25. The molecule has 2 rings (SSSR count). The van der Waals surface area contributed by atoms with E-state index >= 15 is 0 Å². The van der Waals surface area contributed by atoms with Crippen LogP contribution in [0.2, 0.25) is 0 Å². The summed E-state index contributed by atoms with van der Waals surface area (Å²) in [5.74, 6) is 0.744. The van der Waals surface area contributed by atoms with E-state index in [1.807, 2.05) is 12.2 Å². The summed E-state index contributed by atoms with van der Waals surface area (Å²) >= 11 is 0. The van der Waals surface area contributed by atoms with Crippen molar-refractivity contribution >= 4 is 6.03 Å². The first kappa shape index (κ1) is 12.5. The lowest BCUT2D eigenvalue weighted by molar-refractivity contribution is -0.123. The van der Waals surface area contributed by atoms with E-state index in [4.69, 9.17) is 0 Å². The Balaban J connectivity index is 1.88. The maximum atomic E-state index is 12.0. The van der Waals surface area contributed by atoms with E-state index in [1.54, 1.807) is 0 Å². The fourth-order valence-corrected chi connectivity index (χ4v) is 2.71. The van der Waals surface area contributed by atoms with Crippen LogP contribution in [0.25, 0.3) is 0 Å². The minimum Gasteiger partial charge on any atom is -0.329 e. The Morgan fingerprint density at radius 1 is 1.47 bits per heavy atom. The van der Waals surface area contributed by atoms with Gasteiger partial charge in [-0.25, -0.2) is 4.79 Å². The molecule has 2 aliphatic rings. The first-order chi connectivity index (χ1) is 7.88. The number of hydrogen-bond acceptors (Lipinski definition) is 2. The summed E-state index contributed by atoms with van der Waals surface area (Å²) < 4.78 is 36.0. The molecule has 0 aliphatic carbocycles. The van der Waals surface area contributed by atoms with E-state index in [-0.39, 0.29) is 6.04 Å². The third-order valence-electron chi connectivity index (χ3n) is 3.64. The van der Waals surface area contributed by atoms with Crippen LogP contribution >= 0.6 is 0 Å². The lowest BCUT2D eigenvalue weighted by atomic mass is 9.95. The minimum atomic E-state index is -4.35. The van der Waals surface area contributed by atoms with Crippen LogP contribution in [0.1, 0.15) is 6.92 Å². The number of hydrogen-bond donors (Lipinski definition) is 2. The largest absolute Gasteiger partial charge is 0.405 e. The average molecular weight is 251 g/mol. The SMILES string of the molecule is CC1C2CNCC2CN1C(=O)NCC(F)(F)F. The Morgan fingerprint density at radius 2 is 2.18 bits per heavy atom. The molecule has 0 aromatic carbocycles. The van der Waals surface area contributed by atoms with Gasteiger partial charge in [-0.3, -0.25) is 0 Å². The smallest absolute Gasteiger partial charge is 0.329 e. The van der Waals surface area contributed by atoms with Gasteiger partial charge in [-0.2, -0.15) is 13.2 Å². The van der Waals surface area contributed by atoms with Gasteiger partial charge in [-0.1, -0.05) is 0 Å². The molecule has 2 amide bonds. The zero-order valence-corrected chi connectivity index (χ0v) is 9.55. The van der Waals surface area contributed by atoms with Crippen LogP contribution < -0.4 is 10.6 Å². The van der Waals surface area contributed by atoms with Gasteiger partial charge in [0.15, 0.2) is 0 Å². The van der Waals surface area contributed by atoms with Crippen LogP contribution in [0.15, 0.2) is 0 Å². The predicted octanol–water partition coefficient (Wildman–Crippen LogP) is 0.798. The fraction of sp³-hybridized carbons (Fsp3) is 0.900. The van der Waals surface area contributed by atoms with Crippen molar-refractivity contribution in [2.24, 2.45) is 11.8 Å². The van der Waals surface area contributed by atoms with Crippen LogP contribution in [0.3, 0.4) is 0 Å². The molecule has 2 N–H and O–H groups in total. The molecule has 4 nitrogen and oxygen atoms in total. The van der Waals surface area contributed by atoms with Crippen molar-refractivity contribution in [1.29, 1.82) is 0 Å². The molecule has 2 heterocycles. The van der Waals surface area contributed by atoms with Crippen molar-refractivity contribution in [3.05, 3.63) is 0 Å². The van der Waals surface area contributed by atoms with Gasteiger partial charge in [0, 0.05) is 25.7 Å². The van der Waals surface area contributed by atoms with E-state index in [9.17, 15) is 18.0 Å². The zero-order chi connectivity index (χ0) is 12.6. The average Bonchev–Trinajstić information content (AvgIpc) is 2.77. The number of halogens is 3. The zero-order valence-electron chi connectivity index (χ0n) is 9.55. The van der Waals surface area contributed by atoms with E-state index in [0.29, 0.717) is 18.4 Å². The molecule has 3 atom stereocenters. The summed E-state index contributed by atoms with van der Waals surface area (Å²) in [6, 6.07) is -0.604. The van der Waals surface area contributed by atoms with Crippen molar-refractivity contribution in [1.82, 2.24) is 15.5 Å². The highest BCUT2D eigenvalue weighted by molar-refractivity contribution is 5.75. The fourth-order valence-electron chi connectivity index (χ4n) is 2.71. The monoisotopic (exact) mass is 251 g/mol. The third kappa shape index (κ3) is 2.65. The second-order valence-electron chi connectivity index (χ2n) is 4.75. The number of urea groups is 1. The molecular formula is C10H16F3N3O. The van der Waals surface area contributed by atoms with Crippen LogP contribution in [0.5, 0.6) is 0 Å². The Bertz CT molecular complexity index is 308. The molecule has 2 fully saturated rings. The van der Waals surface area contributed by atoms with Crippen LogP contribution in [-0.4, -0.2) is 49.3 Å². The topological polar surface area (TPSA) is 44.4 Å². The van der Waals surface area contributed by atoms with Gasteiger partial charge in [-0.05, 0) is 18.8 Å². The Kier molecular flexibility index (Phi) is 3.20. The first-order valence-electron chi connectivity index (χ1n) is 5.70. The molecule has 0 radical (unpaired) electrons. The number of fused-ring (bicyclic) bond motifs is 1. The normalized spacial score (nSPS) is 32.7. The van der Waals surface area contributed by atoms with Crippen molar-refractivity contribution in [2.75, 3.05) is 26.2 Å². The number of amides is 2. The van der Waals surface area contributed by atoms with Crippen LogP contribution in [-0.2, 0) is 0 Å². The van der Waals surface area contributed by atoms with Gasteiger partial charge in [0.05, 0.1) is 0 Å². The minimum absolute atomic E-state index is 0.00299. The van der Waals surface area contributed by atoms with Gasteiger partial charge >= 0.3 is 12.2 Å². The molecule has 17 heavy (non-hydrogen) atoms. The number of nitrogens with zero attached hydrogens (tertiary/aromatic N) is 1. The summed E-state index contributed by atoms with van der Waals surface area (Å²) in [5, 5.41) is 5.16. The quantitative estimate of drug-likeness (QED) is 0.724. The van der Waals surface area contributed by atoms with Gasteiger partial charge in [0.1, 0.15) is 6.54 Å². The van der Waals surface area contributed by atoms with E-state index in [1.165, 1.54) is 4.90 Å². The van der Waals surface area contributed by atoms with E-state index in [0.717, 1.165) is 13.1 Å². The Labute approximate surface area is 97.5 Å². The van der Waals surface area contributed by atoms with Crippen molar-refractivity contribution in [3.8, 4) is 0 Å². The number of nitrogens with one attached hydrogen (secondary N) is 2. The first-order valence-corrected chi connectivity index (χ1v) is 5.70. The molecule has 2 aliphatic heterocycles. The maximum absolute atomic E-state index is 12.0. The molecule has 7 heteroatoms. The number of rotatable bonds is 1. The van der Waals surface area contributed by atoms with Crippen LogP contribution in [0.4, 0.5) is 18.0 Å². The van der Waals surface area contributed by atoms with E-state index in [2.05, 4.69) is 5.32 Å². The highest BCUT2D eigenvalue weighted by Gasteiger charge is 2.44. The highest BCUT2D eigenvalue weighted by atomic mass is 19.4. The molecule has 98 valence electrons. The number of alkyl halides is 3. The molecule has 0 bridgehead atoms. The van der Waals surface area contributed by atoms with Crippen molar-refractivity contribution < 1.29 is 18.0 Å². The lowest BCUT2D eigenvalue weighted by Crippen LogP contribution is -2.46. The molecule has 0 aromatic heterocycles. The molecule has 0 aromatic rings. The molecular weight excluding hydrogens is 235 g/mol. The molecule has 0 spiro atoms. The molecule has 2 saturated heterocycles. The summed E-state index contributed by atoms with van der Waals surface area (Å²) in [6.45, 7) is 2.86. The molecule has 0 saturated carbocycles. The Hall–Kier alpha value is -0.980. The predicted molar refractivity (Wildman–Crippen MR) is 55.5 cm³/mol. The maximum Gasteiger partial charge on any atom is 0.405 e. The van der Waals surface area contributed by atoms with Crippen LogP contribution in [0, 0.1) is 11.8 Å². The number of carbonyl (C=O) groups excluding carboxylic acids is 1. The summed E-state index contributed by atoms with van der Waals surface area (Å²) in [4.78, 5) is 13.1. The van der Waals surface area contributed by atoms with Gasteiger partial charge < -0.3 is 15.5 Å². The third-order valence-corrected chi connectivity index (χ3v) is 3.64. The summed E-state index contributed by atoms with van der Waals surface area (Å²) in [5.41, 5.74) is 0. The number of likely N-dealkylation sites (tertiary alicyclic amines) is 1. The number of carbonyl (C=O) groups is 1. The standard InChI is InChI=1S/C10H16F3N3O/c1-6-8-3-14-2-7(8)4-16(6)9(17)15-5-10(11,12)13/h6-8,14H,2-5H2,1H3,(H,15,17). The van der Waals surface area contributed by atoms with E-state index < -0.39 is 18.8 Å². The van der Waals surface area contributed by atoms with Gasteiger partial charge in [0.2, 0.25) is 0 Å². The Morgan fingerprint density at radius 3 is 2.76 bits per heavy atom. The highest BCUT2D eigenvalue weighted by Crippen LogP contribution is 2.32. The summed E-state index contributed by atoms with van der Waals surface area (Å²) in [6.07, 6.45) is -4.35. The molecule has 3 unspecified atom stereocenters. The van der Waals surface area contributed by atoms with Gasteiger partial charge in [-0.15, -0.1) is 0 Å². The second kappa shape index (κ2) is 4.36. The van der Waals surface area contributed by atoms with Crippen molar-refractivity contribution in [3.63, 3.8) is 0 Å². The second-order valence-corrected chi connectivity index (χ2v) is 4.75. The van der Waals surface area contributed by atoms with Crippen molar-refractivity contribution in [2.45, 2.75) is 19.1 Å². The van der Waals surface area contributed by atoms with Gasteiger partial charge in [0.25, 0.3) is 0 Å².